The zero-order valence-electron chi connectivity index (χ0n) is 8.25. The summed E-state index contributed by atoms with van der Waals surface area (Å²) in [7, 11) is 0. The molecule has 2 nitrogen and oxygen atoms in total. The van der Waals surface area contributed by atoms with E-state index in [1.807, 2.05) is 6.92 Å². The molecule has 2 heterocycles. The van der Waals surface area contributed by atoms with Crippen LogP contribution in [0.3, 0.4) is 0 Å². The Bertz CT molecular complexity index is 488. The first-order valence-corrected chi connectivity index (χ1v) is 5.30. The van der Waals surface area contributed by atoms with Gasteiger partial charge in [-0.2, -0.15) is 13.2 Å². The molecule has 0 aliphatic heterocycles. The predicted molar refractivity (Wildman–Crippen MR) is 55.1 cm³/mol. The highest BCUT2D eigenvalue weighted by Gasteiger charge is 2.32. The SMILES string of the molecule is Cc1nc(-c2ccc(C(F)(F)F)nc2)cs1. The van der Waals surface area contributed by atoms with E-state index in [1.165, 1.54) is 23.6 Å². The van der Waals surface area contributed by atoms with Crippen LogP contribution >= 0.6 is 11.3 Å². The summed E-state index contributed by atoms with van der Waals surface area (Å²) in [5.41, 5.74) is 0.365. The Labute approximate surface area is 93.8 Å². The minimum absolute atomic E-state index is 0.595. The van der Waals surface area contributed by atoms with Crippen LogP contribution in [-0.2, 0) is 6.18 Å². The Morgan fingerprint density at radius 3 is 2.44 bits per heavy atom. The number of halogens is 3. The Morgan fingerprint density at radius 1 is 1.25 bits per heavy atom. The molecule has 0 radical (unpaired) electrons. The predicted octanol–water partition coefficient (Wildman–Crippen LogP) is 3.53. The van der Waals surface area contributed by atoms with Crippen LogP contribution in [0.25, 0.3) is 11.3 Å². The van der Waals surface area contributed by atoms with Gasteiger partial charge in [0.05, 0.1) is 10.7 Å². The van der Waals surface area contributed by atoms with Crippen molar-refractivity contribution in [3.8, 4) is 11.3 Å². The van der Waals surface area contributed by atoms with Crippen LogP contribution in [0, 0.1) is 6.92 Å². The number of aryl methyl sites for hydroxylation is 1. The molecule has 2 rings (SSSR count). The van der Waals surface area contributed by atoms with E-state index in [0.717, 1.165) is 11.1 Å². The monoisotopic (exact) mass is 244 g/mol. The molecule has 0 amide bonds. The quantitative estimate of drug-likeness (QED) is 0.766. The lowest BCUT2D eigenvalue weighted by atomic mass is 10.2. The van der Waals surface area contributed by atoms with Crippen molar-refractivity contribution in [2.45, 2.75) is 13.1 Å². The Kier molecular flexibility index (Phi) is 2.67. The average Bonchev–Trinajstić information content (AvgIpc) is 2.64. The van der Waals surface area contributed by atoms with Gasteiger partial charge in [-0.3, -0.25) is 4.98 Å². The molecule has 2 aromatic heterocycles. The lowest BCUT2D eigenvalue weighted by Crippen LogP contribution is -2.07. The van der Waals surface area contributed by atoms with Gasteiger partial charge in [0.1, 0.15) is 5.69 Å². The largest absolute Gasteiger partial charge is 0.433 e. The highest BCUT2D eigenvalue weighted by molar-refractivity contribution is 7.09. The van der Waals surface area contributed by atoms with E-state index in [-0.39, 0.29) is 0 Å². The molecule has 0 fully saturated rings. The second-order valence-corrected chi connectivity index (χ2v) is 4.24. The zero-order chi connectivity index (χ0) is 11.8. The Hall–Kier alpha value is -1.43. The first-order chi connectivity index (χ1) is 7.47. The summed E-state index contributed by atoms with van der Waals surface area (Å²) in [6, 6.07) is 2.34. The number of aromatic nitrogens is 2. The highest BCUT2D eigenvalue weighted by Crippen LogP contribution is 2.29. The molecule has 84 valence electrons. The smallest absolute Gasteiger partial charge is 0.251 e. The van der Waals surface area contributed by atoms with E-state index in [4.69, 9.17) is 0 Å². The van der Waals surface area contributed by atoms with Crippen LogP contribution in [0.15, 0.2) is 23.7 Å². The molecule has 0 bridgehead atoms. The van der Waals surface area contributed by atoms with Crippen molar-refractivity contribution in [1.82, 2.24) is 9.97 Å². The molecule has 0 saturated heterocycles. The molecule has 0 spiro atoms. The van der Waals surface area contributed by atoms with E-state index in [2.05, 4.69) is 9.97 Å². The molecular formula is C10H7F3N2S. The van der Waals surface area contributed by atoms with Gasteiger partial charge in [-0.05, 0) is 19.1 Å². The van der Waals surface area contributed by atoms with Crippen LogP contribution in [0.1, 0.15) is 10.7 Å². The topological polar surface area (TPSA) is 25.8 Å². The maximum absolute atomic E-state index is 12.3. The summed E-state index contributed by atoms with van der Waals surface area (Å²) in [6.45, 7) is 1.84. The van der Waals surface area contributed by atoms with Crippen molar-refractivity contribution < 1.29 is 13.2 Å². The number of hydrogen-bond donors (Lipinski definition) is 0. The summed E-state index contributed by atoms with van der Waals surface area (Å²) in [5.74, 6) is 0. The van der Waals surface area contributed by atoms with Gasteiger partial charge < -0.3 is 0 Å². The average molecular weight is 244 g/mol. The van der Waals surface area contributed by atoms with Crippen LogP contribution in [0.5, 0.6) is 0 Å². The van der Waals surface area contributed by atoms with Crippen molar-refractivity contribution >= 4 is 11.3 Å². The second kappa shape index (κ2) is 3.86. The third kappa shape index (κ3) is 2.21. The van der Waals surface area contributed by atoms with Gasteiger partial charge in [0.15, 0.2) is 0 Å². The van der Waals surface area contributed by atoms with E-state index in [9.17, 15) is 13.2 Å². The van der Waals surface area contributed by atoms with E-state index >= 15 is 0 Å². The van der Waals surface area contributed by atoms with E-state index in [0.29, 0.717) is 11.3 Å². The van der Waals surface area contributed by atoms with Crippen molar-refractivity contribution in [1.29, 1.82) is 0 Å². The van der Waals surface area contributed by atoms with Crippen LogP contribution in [0.2, 0.25) is 0 Å². The number of hydrogen-bond acceptors (Lipinski definition) is 3. The minimum atomic E-state index is -4.39. The number of rotatable bonds is 1. The van der Waals surface area contributed by atoms with Crippen molar-refractivity contribution in [3.63, 3.8) is 0 Å². The van der Waals surface area contributed by atoms with Gasteiger partial charge in [0.25, 0.3) is 0 Å². The fraction of sp³-hybridized carbons (Fsp3) is 0.200. The van der Waals surface area contributed by atoms with Gasteiger partial charge in [0, 0.05) is 17.1 Å². The molecule has 0 atom stereocenters. The van der Waals surface area contributed by atoms with Crippen LogP contribution < -0.4 is 0 Å². The second-order valence-electron chi connectivity index (χ2n) is 3.18. The standard InChI is InChI=1S/C10H7F3N2S/c1-6-15-8(5-16-6)7-2-3-9(14-4-7)10(11,12)13/h2-5H,1H3. The van der Waals surface area contributed by atoms with Gasteiger partial charge in [-0.15, -0.1) is 11.3 Å². The first kappa shape index (κ1) is 11.1. The highest BCUT2D eigenvalue weighted by atomic mass is 32.1. The molecule has 6 heteroatoms. The molecule has 2 aromatic rings. The van der Waals surface area contributed by atoms with Gasteiger partial charge in [-0.1, -0.05) is 0 Å². The van der Waals surface area contributed by atoms with Gasteiger partial charge >= 0.3 is 6.18 Å². The summed E-state index contributed by atoms with van der Waals surface area (Å²) in [6.07, 6.45) is -3.20. The number of alkyl halides is 3. The minimum Gasteiger partial charge on any atom is -0.251 e. The lowest BCUT2D eigenvalue weighted by Gasteiger charge is -2.05. The van der Waals surface area contributed by atoms with E-state index < -0.39 is 11.9 Å². The number of pyridine rings is 1. The molecular weight excluding hydrogens is 237 g/mol. The summed E-state index contributed by atoms with van der Waals surface area (Å²) in [4.78, 5) is 7.55. The number of thiazole rings is 1. The Balaban J connectivity index is 2.33. The molecule has 16 heavy (non-hydrogen) atoms. The van der Waals surface area contributed by atoms with Crippen molar-refractivity contribution in [2.75, 3.05) is 0 Å². The third-order valence-corrected chi connectivity index (χ3v) is 2.74. The fourth-order valence-electron chi connectivity index (χ4n) is 1.21. The Morgan fingerprint density at radius 2 is 2.00 bits per heavy atom. The first-order valence-electron chi connectivity index (χ1n) is 4.42. The molecule has 0 aliphatic rings. The van der Waals surface area contributed by atoms with Crippen LogP contribution in [0.4, 0.5) is 13.2 Å². The molecule has 0 aromatic carbocycles. The van der Waals surface area contributed by atoms with Gasteiger partial charge in [0.2, 0.25) is 0 Å². The maximum atomic E-state index is 12.3. The van der Waals surface area contributed by atoms with Crippen LogP contribution in [-0.4, -0.2) is 9.97 Å². The zero-order valence-corrected chi connectivity index (χ0v) is 9.06. The normalized spacial score (nSPS) is 11.8. The van der Waals surface area contributed by atoms with Gasteiger partial charge in [-0.25, -0.2) is 4.98 Å². The lowest BCUT2D eigenvalue weighted by molar-refractivity contribution is -0.141. The fourth-order valence-corrected chi connectivity index (χ4v) is 1.83. The molecule has 0 unspecified atom stereocenters. The molecule has 0 saturated carbocycles. The molecule has 0 N–H and O–H groups in total. The summed E-state index contributed by atoms with van der Waals surface area (Å²) >= 11 is 1.45. The van der Waals surface area contributed by atoms with Crippen molar-refractivity contribution in [3.05, 3.63) is 34.4 Å². The third-order valence-electron chi connectivity index (χ3n) is 1.97. The molecule has 0 aliphatic carbocycles. The maximum Gasteiger partial charge on any atom is 0.433 e. The number of nitrogens with zero attached hydrogens (tertiary/aromatic N) is 2. The van der Waals surface area contributed by atoms with E-state index in [1.54, 1.807) is 5.38 Å². The van der Waals surface area contributed by atoms with Crippen molar-refractivity contribution in [2.24, 2.45) is 0 Å². The summed E-state index contributed by atoms with van der Waals surface area (Å²) in [5, 5.41) is 2.66. The summed E-state index contributed by atoms with van der Waals surface area (Å²) < 4.78 is 36.8.